The lowest BCUT2D eigenvalue weighted by atomic mass is 10.00. The molecule has 0 N–H and O–H groups in total. The lowest BCUT2D eigenvalue weighted by Gasteiger charge is -2.28. The quantitative estimate of drug-likeness (QED) is 0.809. The van der Waals surface area contributed by atoms with Gasteiger partial charge >= 0.3 is 0 Å². The third-order valence-corrected chi connectivity index (χ3v) is 4.11. The Morgan fingerprint density at radius 2 is 2.15 bits per heavy atom. The topological polar surface area (TPSA) is 59.2 Å². The third-order valence-electron chi connectivity index (χ3n) is 3.31. The average molecular weight is 289 g/mol. The fourth-order valence-corrected chi connectivity index (χ4v) is 2.97. The Morgan fingerprint density at radius 1 is 1.35 bits per heavy atom. The van der Waals surface area contributed by atoms with E-state index < -0.39 is 0 Å². The molecule has 0 fully saturated rings. The molecule has 0 aliphatic carbocycles. The summed E-state index contributed by atoms with van der Waals surface area (Å²) in [6.45, 7) is 3.21. The molecule has 1 aromatic carbocycles. The van der Waals surface area contributed by atoms with Crippen molar-refractivity contribution in [3.05, 3.63) is 41.3 Å². The van der Waals surface area contributed by atoms with Crippen molar-refractivity contribution in [1.82, 2.24) is 15.1 Å². The molecule has 0 saturated heterocycles. The van der Waals surface area contributed by atoms with Crippen molar-refractivity contribution in [2.45, 2.75) is 25.1 Å². The van der Waals surface area contributed by atoms with Crippen LogP contribution in [0.4, 0.5) is 0 Å². The van der Waals surface area contributed by atoms with E-state index in [1.54, 1.807) is 6.92 Å². The minimum atomic E-state index is 0.111. The van der Waals surface area contributed by atoms with Gasteiger partial charge < -0.3 is 9.32 Å². The number of benzene rings is 1. The van der Waals surface area contributed by atoms with Gasteiger partial charge in [-0.15, -0.1) is 10.2 Å². The molecule has 20 heavy (non-hydrogen) atoms. The second kappa shape index (κ2) is 5.66. The summed E-state index contributed by atoms with van der Waals surface area (Å²) in [5, 5.41) is 8.07. The first-order valence-corrected chi connectivity index (χ1v) is 7.48. The van der Waals surface area contributed by atoms with Gasteiger partial charge in [0, 0.05) is 20.0 Å². The van der Waals surface area contributed by atoms with Crippen LogP contribution in [0, 0.1) is 6.92 Å². The standard InChI is InChI=1S/C14H15N3O2S/c1-10-15-16-14(19-10)20-9-13(18)17-7-6-11-4-2-3-5-12(11)8-17/h2-5H,6-9H2,1H3. The Kier molecular flexibility index (Phi) is 3.73. The molecular formula is C14H15N3O2S. The maximum absolute atomic E-state index is 12.2. The first kappa shape index (κ1) is 13.2. The largest absolute Gasteiger partial charge is 0.416 e. The molecule has 3 rings (SSSR count). The molecule has 2 heterocycles. The van der Waals surface area contributed by atoms with E-state index in [-0.39, 0.29) is 5.91 Å². The minimum absolute atomic E-state index is 0.111. The molecule has 0 saturated carbocycles. The van der Waals surface area contributed by atoms with E-state index in [2.05, 4.69) is 22.3 Å². The predicted octanol–water partition coefficient (Wildman–Crippen LogP) is 2.06. The first-order valence-electron chi connectivity index (χ1n) is 6.50. The SMILES string of the molecule is Cc1nnc(SCC(=O)N2CCc3ccccc3C2)o1. The number of aromatic nitrogens is 2. The number of carbonyl (C=O) groups excluding carboxylic acids is 1. The number of hydrogen-bond donors (Lipinski definition) is 0. The highest BCUT2D eigenvalue weighted by Crippen LogP contribution is 2.21. The van der Waals surface area contributed by atoms with E-state index in [4.69, 9.17) is 4.42 Å². The molecule has 104 valence electrons. The monoisotopic (exact) mass is 289 g/mol. The molecule has 6 heteroatoms. The van der Waals surface area contributed by atoms with Gasteiger partial charge in [-0.1, -0.05) is 36.0 Å². The molecule has 5 nitrogen and oxygen atoms in total. The van der Waals surface area contributed by atoms with E-state index in [1.165, 1.54) is 22.9 Å². The van der Waals surface area contributed by atoms with Gasteiger partial charge in [-0.3, -0.25) is 4.79 Å². The van der Waals surface area contributed by atoms with Gasteiger partial charge in [0.2, 0.25) is 11.8 Å². The van der Waals surface area contributed by atoms with Gasteiger partial charge in [0.25, 0.3) is 5.22 Å². The highest BCUT2D eigenvalue weighted by Gasteiger charge is 2.20. The van der Waals surface area contributed by atoms with Gasteiger partial charge in [-0.05, 0) is 17.5 Å². The maximum Gasteiger partial charge on any atom is 0.277 e. The van der Waals surface area contributed by atoms with Crippen LogP contribution in [-0.4, -0.2) is 33.3 Å². The van der Waals surface area contributed by atoms with Crippen LogP contribution in [0.5, 0.6) is 0 Å². The molecular weight excluding hydrogens is 274 g/mol. The minimum Gasteiger partial charge on any atom is -0.416 e. The van der Waals surface area contributed by atoms with E-state index in [0.717, 1.165) is 13.0 Å². The third kappa shape index (κ3) is 2.85. The van der Waals surface area contributed by atoms with Crippen LogP contribution >= 0.6 is 11.8 Å². The number of aryl methyl sites for hydroxylation is 1. The number of fused-ring (bicyclic) bond motifs is 1. The molecule has 1 aliphatic rings. The Balaban J connectivity index is 1.59. The molecule has 1 amide bonds. The van der Waals surface area contributed by atoms with Gasteiger partial charge in [0.15, 0.2) is 0 Å². The van der Waals surface area contributed by atoms with Gasteiger partial charge in [0.1, 0.15) is 0 Å². The lowest BCUT2D eigenvalue weighted by Crippen LogP contribution is -2.37. The molecule has 0 unspecified atom stereocenters. The Bertz CT molecular complexity index is 626. The summed E-state index contributed by atoms with van der Waals surface area (Å²) in [6.07, 6.45) is 0.923. The number of rotatable bonds is 3. The van der Waals surface area contributed by atoms with Crippen molar-refractivity contribution in [2.24, 2.45) is 0 Å². The highest BCUT2D eigenvalue weighted by molar-refractivity contribution is 7.99. The van der Waals surface area contributed by atoms with Gasteiger partial charge in [0.05, 0.1) is 5.75 Å². The number of carbonyl (C=O) groups is 1. The average Bonchev–Trinajstić information content (AvgIpc) is 2.90. The summed E-state index contributed by atoms with van der Waals surface area (Å²) in [5.41, 5.74) is 2.59. The predicted molar refractivity (Wildman–Crippen MR) is 75.3 cm³/mol. The summed E-state index contributed by atoms with van der Waals surface area (Å²) in [4.78, 5) is 14.1. The second-order valence-electron chi connectivity index (χ2n) is 4.71. The fourth-order valence-electron chi connectivity index (χ4n) is 2.26. The van der Waals surface area contributed by atoms with Crippen LogP contribution in [0.3, 0.4) is 0 Å². The normalized spacial score (nSPS) is 14.2. The van der Waals surface area contributed by atoms with Crippen molar-refractivity contribution in [1.29, 1.82) is 0 Å². The zero-order valence-corrected chi connectivity index (χ0v) is 12.0. The van der Waals surface area contributed by atoms with Crippen LogP contribution < -0.4 is 0 Å². The summed E-state index contributed by atoms with van der Waals surface area (Å²) < 4.78 is 5.25. The fraction of sp³-hybridized carbons (Fsp3) is 0.357. The van der Waals surface area contributed by atoms with Gasteiger partial charge in [-0.2, -0.15) is 0 Å². The van der Waals surface area contributed by atoms with E-state index in [9.17, 15) is 4.79 Å². The number of thioether (sulfide) groups is 1. The van der Waals surface area contributed by atoms with Gasteiger partial charge in [-0.25, -0.2) is 0 Å². The van der Waals surface area contributed by atoms with E-state index >= 15 is 0 Å². The molecule has 1 aliphatic heterocycles. The molecule has 0 atom stereocenters. The highest BCUT2D eigenvalue weighted by atomic mass is 32.2. The van der Waals surface area contributed by atoms with Crippen molar-refractivity contribution < 1.29 is 9.21 Å². The smallest absolute Gasteiger partial charge is 0.277 e. The first-order chi connectivity index (χ1) is 9.72. The van der Waals surface area contributed by atoms with Crippen molar-refractivity contribution in [3.63, 3.8) is 0 Å². The van der Waals surface area contributed by atoms with Crippen molar-refractivity contribution in [3.8, 4) is 0 Å². The van der Waals surface area contributed by atoms with Crippen LogP contribution in [-0.2, 0) is 17.8 Å². The Morgan fingerprint density at radius 3 is 2.90 bits per heavy atom. The van der Waals surface area contributed by atoms with Crippen LogP contribution in [0.1, 0.15) is 17.0 Å². The van der Waals surface area contributed by atoms with Crippen molar-refractivity contribution >= 4 is 17.7 Å². The number of hydrogen-bond acceptors (Lipinski definition) is 5. The van der Waals surface area contributed by atoms with E-state index in [0.29, 0.717) is 23.4 Å². The molecule has 0 bridgehead atoms. The van der Waals surface area contributed by atoms with Crippen molar-refractivity contribution in [2.75, 3.05) is 12.3 Å². The van der Waals surface area contributed by atoms with Crippen LogP contribution in [0.15, 0.2) is 33.9 Å². The summed E-state index contributed by atoms with van der Waals surface area (Å²) in [6, 6.07) is 8.28. The molecule has 0 radical (unpaired) electrons. The molecule has 2 aromatic rings. The lowest BCUT2D eigenvalue weighted by molar-refractivity contribution is -0.129. The summed E-state index contributed by atoms with van der Waals surface area (Å²) in [7, 11) is 0. The van der Waals surface area contributed by atoms with E-state index in [1.807, 2.05) is 17.0 Å². The molecule has 1 aromatic heterocycles. The maximum atomic E-state index is 12.2. The summed E-state index contributed by atoms with van der Waals surface area (Å²) in [5.74, 6) is 0.969. The zero-order chi connectivity index (χ0) is 13.9. The second-order valence-corrected chi connectivity index (χ2v) is 5.64. The van der Waals surface area contributed by atoms with Crippen LogP contribution in [0.25, 0.3) is 0 Å². The number of nitrogens with zero attached hydrogens (tertiary/aromatic N) is 3. The molecule has 0 spiro atoms. The summed E-state index contributed by atoms with van der Waals surface area (Å²) >= 11 is 1.29. The zero-order valence-electron chi connectivity index (χ0n) is 11.2. The van der Waals surface area contributed by atoms with Crippen LogP contribution in [0.2, 0.25) is 0 Å². The Labute approximate surface area is 121 Å². The number of amides is 1. The Hall–Kier alpha value is -1.82.